The van der Waals surface area contributed by atoms with Crippen LogP contribution in [0.5, 0.6) is 0 Å². The lowest BCUT2D eigenvalue weighted by atomic mass is 10.1. The highest BCUT2D eigenvalue weighted by Crippen LogP contribution is 2.23. The molecule has 0 saturated heterocycles. The quantitative estimate of drug-likeness (QED) is 0.631. The Morgan fingerprint density at radius 3 is 2.81 bits per heavy atom. The molecule has 6 nitrogen and oxygen atoms in total. The van der Waals surface area contributed by atoms with Crippen LogP contribution in [0.25, 0.3) is 0 Å². The number of hydrogen-bond donors (Lipinski definition) is 2. The van der Waals surface area contributed by atoms with Gasteiger partial charge in [0.05, 0.1) is 4.92 Å². The molecule has 0 bridgehead atoms. The predicted octanol–water partition coefficient (Wildman–Crippen LogP) is 2.83. The van der Waals surface area contributed by atoms with Gasteiger partial charge in [-0.2, -0.15) is 0 Å². The smallest absolute Gasteiger partial charge is 0.311 e. The second kappa shape index (κ2) is 6.65. The summed E-state index contributed by atoms with van der Waals surface area (Å²) in [6, 6.07) is 9.18. The van der Waals surface area contributed by atoms with E-state index in [0.717, 1.165) is 5.56 Å². The average Bonchev–Trinajstić information content (AvgIpc) is 2.47. The van der Waals surface area contributed by atoms with Gasteiger partial charge in [0.2, 0.25) is 5.82 Å². The number of nitrogens with zero attached hydrogens (tertiary/aromatic N) is 2. The molecule has 1 aromatic heterocycles. The van der Waals surface area contributed by atoms with Crippen molar-refractivity contribution < 1.29 is 9.31 Å². The van der Waals surface area contributed by atoms with Gasteiger partial charge in [0, 0.05) is 19.7 Å². The zero-order chi connectivity index (χ0) is 15.2. The van der Waals surface area contributed by atoms with E-state index in [1.807, 2.05) is 0 Å². The molecular formula is C14H15FN4O2. The number of rotatable bonds is 6. The van der Waals surface area contributed by atoms with E-state index < -0.39 is 4.92 Å². The van der Waals surface area contributed by atoms with Crippen molar-refractivity contribution in [3.63, 3.8) is 0 Å². The van der Waals surface area contributed by atoms with Crippen LogP contribution >= 0.6 is 0 Å². The molecule has 2 rings (SSSR count). The summed E-state index contributed by atoms with van der Waals surface area (Å²) in [5.74, 6) is 0.436. The number of pyridine rings is 1. The highest BCUT2D eigenvalue weighted by Gasteiger charge is 2.15. The number of hydrogen-bond acceptors (Lipinski definition) is 5. The molecule has 7 heteroatoms. The molecule has 0 aliphatic carbocycles. The van der Waals surface area contributed by atoms with Gasteiger partial charge < -0.3 is 10.6 Å². The summed E-state index contributed by atoms with van der Waals surface area (Å²) < 4.78 is 13.1. The average molecular weight is 290 g/mol. The van der Waals surface area contributed by atoms with E-state index in [9.17, 15) is 14.5 Å². The Hall–Kier alpha value is -2.70. The highest BCUT2D eigenvalue weighted by molar-refractivity contribution is 5.60. The monoisotopic (exact) mass is 290 g/mol. The number of nitro groups is 1. The van der Waals surface area contributed by atoms with Gasteiger partial charge in [-0.25, -0.2) is 9.37 Å². The summed E-state index contributed by atoms with van der Waals surface area (Å²) in [6.07, 6.45) is 0.542. The SMILES string of the molecule is CNc1ccc([N+](=O)[O-])c(NCCc2cccc(F)c2)n1. The first kappa shape index (κ1) is 14.7. The predicted molar refractivity (Wildman–Crippen MR) is 79.0 cm³/mol. The van der Waals surface area contributed by atoms with Crippen LogP contribution in [-0.4, -0.2) is 23.5 Å². The maximum atomic E-state index is 13.1. The van der Waals surface area contributed by atoms with Crippen LogP contribution in [-0.2, 0) is 6.42 Å². The summed E-state index contributed by atoms with van der Waals surface area (Å²) in [7, 11) is 1.69. The van der Waals surface area contributed by atoms with Crippen LogP contribution in [0, 0.1) is 15.9 Å². The van der Waals surface area contributed by atoms with Gasteiger partial charge in [0.15, 0.2) is 0 Å². The minimum atomic E-state index is -0.489. The molecule has 0 aliphatic rings. The van der Waals surface area contributed by atoms with Gasteiger partial charge in [0.25, 0.3) is 0 Å². The van der Waals surface area contributed by atoms with E-state index in [2.05, 4.69) is 15.6 Å². The fraction of sp³-hybridized carbons (Fsp3) is 0.214. The molecule has 0 aliphatic heterocycles. The molecule has 0 atom stereocenters. The first-order valence-corrected chi connectivity index (χ1v) is 6.41. The third-order valence-electron chi connectivity index (χ3n) is 2.92. The molecule has 1 heterocycles. The van der Waals surface area contributed by atoms with Crippen molar-refractivity contribution in [1.82, 2.24) is 4.98 Å². The number of halogens is 1. The fourth-order valence-electron chi connectivity index (χ4n) is 1.89. The van der Waals surface area contributed by atoms with Crippen molar-refractivity contribution in [2.24, 2.45) is 0 Å². The molecule has 0 radical (unpaired) electrons. The molecule has 0 fully saturated rings. The lowest BCUT2D eigenvalue weighted by Crippen LogP contribution is -2.09. The molecule has 2 N–H and O–H groups in total. The Kier molecular flexibility index (Phi) is 4.65. The Balaban J connectivity index is 2.06. The van der Waals surface area contributed by atoms with Crippen molar-refractivity contribution in [3.05, 3.63) is 57.9 Å². The van der Waals surface area contributed by atoms with Crippen LogP contribution in [0.1, 0.15) is 5.56 Å². The van der Waals surface area contributed by atoms with Gasteiger partial charge in [0.1, 0.15) is 11.6 Å². The Bertz CT molecular complexity index is 649. The van der Waals surface area contributed by atoms with Gasteiger partial charge in [-0.3, -0.25) is 10.1 Å². The summed E-state index contributed by atoms with van der Waals surface area (Å²) in [5.41, 5.74) is 0.725. The normalized spacial score (nSPS) is 10.2. The van der Waals surface area contributed by atoms with Crippen molar-refractivity contribution in [2.45, 2.75) is 6.42 Å². The van der Waals surface area contributed by atoms with Crippen molar-refractivity contribution in [1.29, 1.82) is 0 Å². The summed E-state index contributed by atoms with van der Waals surface area (Å²) in [5, 5.41) is 16.7. The number of nitrogens with one attached hydrogen (secondary N) is 2. The lowest BCUT2D eigenvalue weighted by molar-refractivity contribution is -0.384. The Morgan fingerprint density at radius 1 is 1.33 bits per heavy atom. The molecule has 2 aromatic rings. The van der Waals surface area contributed by atoms with Crippen LogP contribution in [0.2, 0.25) is 0 Å². The highest BCUT2D eigenvalue weighted by atomic mass is 19.1. The van der Waals surface area contributed by atoms with Crippen molar-refractivity contribution in [3.8, 4) is 0 Å². The van der Waals surface area contributed by atoms with Crippen molar-refractivity contribution in [2.75, 3.05) is 24.2 Å². The summed E-state index contributed by atoms with van der Waals surface area (Å²) >= 11 is 0. The van der Waals surface area contributed by atoms with Gasteiger partial charge in [-0.1, -0.05) is 12.1 Å². The number of aromatic nitrogens is 1. The third-order valence-corrected chi connectivity index (χ3v) is 2.92. The van der Waals surface area contributed by atoms with E-state index in [1.165, 1.54) is 24.3 Å². The third kappa shape index (κ3) is 3.88. The van der Waals surface area contributed by atoms with E-state index in [-0.39, 0.29) is 17.3 Å². The first-order valence-electron chi connectivity index (χ1n) is 6.41. The molecule has 21 heavy (non-hydrogen) atoms. The zero-order valence-electron chi connectivity index (χ0n) is 11.5. The van der Waals surface area contributed by atoms with E-state index >= 15 is 0 Å². The summed E-state index contributed by atoms with van der Waals surface area (Å²) in [6.45, 7) is 0.421. The molecular weight excluding hydrogens is 275 g/mol. The van der Waals surface area contributed by atoms with E-state index in [0.29, 0.717) is 18.8 Å². The zero-order valence-corrected chi connectivity index (χ0v) is 11.5. The fourth-order valence-corrected chi connectivity index (χ4v) is 1.89. The minimum Gasteiger partial charge on any atom is -0.373 e. The molecule has 110 valence electrons. The van der Waals surface area contributed by atoms with Crippen LogP contribution in [0.3, 0.4) is 0 Å². The van der Waals surface area contributed by atoms with Crippen molar-refractivity contribution >= 4 is 17.3 Å². The number of benzene rings is 1. The van der Waals surface area contributed by atoms with Crippen LogP contribution in [0.15, 0.2) is 36.4 Å². The standard InChI is InChI=1S/C14H15FN4O2/c1-16-13-6-5-12(19(20)21)14(18-13)17-8-7-10-3-2-4-11(15)9-10/h2-6,9H,7-8H2,1H3,(H2,16,17,18). The Morgan fingerprint density at radius 2 is 2.14 bits per heavy atom. The van der Waals surface area contributed by atoms with Gasteiger partial charge in [-0.05, 0) is 30.2 Å². The molecule has 0 amide bonds. The molecule has 0 unspecified atom stereocenters. The largest absolute Gasteiger partial charge is 0.373 e. The Labute approximate surface area is 121 Å². The van der Waals surface area contributed by atoms with Gasteiger partial charge >= 0.3 is 5.69 Å². The summed E-state index contributed by atoms with van der Waals surface area (Å²) in [4.78, 5) is 14.6. The lowest BCUT2D eigenvalue weighted by Gasteiger charge is -2.08. The van der Waals surface area contributed by atoms with Gasteiger partial charge in [-0.15, -0.1) is 0 Å². The van der Waals surface area contributed by atoms with E-state index in [1.54, 1.807) is 19.2 Å². The van der Waals surface area contributed by atoms with E-state index in [4.69, 9.17) is 0 Å². The maximum Gasteiger partial charge on any atom is 0.311 e. The maximum absolute atomic E-state index is 13.1. The van der Waals surface area contributed by atoms with Crippen LogP contribution in [0.4, 0.5) is 21.7 Å². The number of anilines is 2. The molecule has 0 spiro atoms. The topological polar surface area (TPSA) is 80.1 Å². The minimum absolute atomic E-state index is 0.0896. The second-order valence-corrected chi connectivity index (χ2v) is 4.38. The second-order valence-electron chi connectivity index (χ2n) is 4.38. The molecule has 1 aromatic carbocycles. The molecule has 0 saturated carbocycles. The van der Waals surface area contributed by atoms with Crippen LogP contribution < -0.4 is 10.6 Å². The first-order chi connectivity index (χ1) is 10.1.